The lowest BCUT2D eigenvalue weighted by atomic mass is 9.98. The van der Waals surface area contributed by atoms with E-state index in [2.05, 4.69) is 4.74 Å². The molecule has 0 fully saturated rings. The summed E-state index contributed by atoms with van der Waals surface area (Å²) in [6.45, 7) is 1.51. The van der Waals surface area contributed by atoms with E-state index < -0.39 is 11.9 Å². The number of aromatic carboxylic acids is 1. The van der Waals surface area contributed by atoms with Gasteiger partial charge in [-0.25, -0.2) is 9.59 Å². The minimum Gasteiger partial charge on any atom is -0.507 e. The summed E-state index contributed by atoms with van der Waals surface area (Å²) >= 11 is 0. The number of hydrogen-bond acceptors (Lipinski definition) is 4. The average Bonchev–Trinajstić information content (AvgIpc) is 2.54. The van der Waals surface area contributed by atoms with E-state index in [4.69, 9.17) is 5.11 Å². The molecule has 0 saturated heterocycles. The van der Waals surface area contributed by atoms with E-state index in [1.807, 2.05) is 0 Å². The fourth-order valence-corrected chi connectivity index (χ4v) is 1.63. The second-order valence-electron chi connectivity index (χ2n) is 3.32. The Morgan fingerprint density at radius 1 is 1.53 bits per heavy atom. The lowest BCUT2D eigenvalue weighted by molar-refractivity contribution is 0.0526. The maximum Gasteiger partial charge on any atom is 0.339 e. The first-order valence-corrected chi connectivity index (χ1v) is 4.28. The summed E-state index contributed by atoms with van der Waals surface area (Å²) in [5.74, 6) is -1.97. The molecule has 1 aliphatic rings. The van der Waals surface area contributed by atoms with Crippen molar-refractivity contribution in [2.45, 2.75) is 13.5 Å². The van der Waals surface area contributed by atoms with Gasteiger partial charge in [-0.2, -0.15) is 0 Å². The number of benzene rings is 1. The zero-order valence-electron chi connectivity index (χ0n) is 7.90. The second-order valence-corrected chi connectivity index (χ2v) is 3.32. The summed E-state index contributed by atoms with van der Waals surface area (Å²) in [6.07, 6.45) is 0. The highest BCUT2D eigenvalue weighted by Crippen LogP contribution is 2.34. The van der Waals surface area contributed by atoms with Crippen LogP contribution in [0.15, 0.2) is 6.07 Å². The number of hydrogen-bond donors (Lipinski definition) is 2. The third-order valence-electron chi connectivity index (χ3n) is 2.37. The van der Waals surface area contributed by atoms with E-state index in [0.717, 1.165) is 0 Å². The molecule has 15 heavy (non-hydrogen) atoms. The van der Waals surface area contributed by atoms with E-state index in [9.17, 15) is 14.7 Å². The SMILES string of the molecule is Cc1cc(C(=O)O)c2c(c1O)COC2=O. The fraction of sp³-hybridized carbons (Fsp3) is 0.200. The zero-order valence-corrected chi connectivity index (χ0v) is 7.90. The summed E-state index contributed by atoms with van der Waals surface area (Å²) in [4.78, 5) is 22.1. The highest BCUT2D eigenvalue weighted by atomic mass is 16.5. The zero-order chi connectivity index (χ0) is 11.2. The van der Waals surface area contributed by atoms with Crippen LogP contribution in [0, 0.1) is 6.92 Å². The van der Waals surface area contributed by atoms with Gasteiger partial charge >= 0.3 is 11.9 Å². The van der Waals surface area contributed by atoms with E-state index in [0.29, 0.717) is 5.56 Å². The van der Waals surface area contributed by atoms with Crippen molar-refractivity contribution in [2.75, 3.05) is 0 Å². The van der Waals surface area contributed by atoms with Crippen LogP contribution in [0.25, 0.3) is 0 Å². The maximum absolute atomic E-state index is 11.3. The molecule has 0 spiro atoms. The first kappa shape index (κ1) is 9.51. The number of carboxylic acid groups (broad SMARTS) is 1. The number of rotatable bonds is 1. The molecule has 0 unspecified atom stereocenters. The number of aromatic hydroxyl groups is 1. The van der Waals surface area contributed by atoms with Crippen molar-refractivity contribution < 1.29 is 24.5 Å². The predicted octanol–water partition coefficient (Wildman–Crippen LogP) is 1.07. The van der Waals surface area contributed by atoms with Crippen molar-refractivity contribution in [1.29, 1.82) is 0 Å². The molecule has 2 N–H and O–H groups in total. The van der Waals surface area contributed by atoms with E-state index in [1.54, 1.807) is 6.92 Å². The molecule has 0 radical (unpaired) electrons. The van der Waals surface area contributed by atoms with Crippen molar-refractivity contribution in [3.05, 3.63) is 28.3 Å². The van der Waals surface area contributed by atoms with Gasteiger partial charge in [0, 0.05) is 5.56 Å². The second kappa shape index (κ2) is 2.98. The standard InChI is InChI=1S/C10H8O5/c1-4-2-5(9(12)13)7-6(8(4)11)3-15-10(7)14/h2,11H,3H2,1H3,(H,12,13). The number of phenolic OH excluding ortho intramolecular Hbond substituents is 1. The summed E-state index contributed by atoms with van der Waals surface area (Å²) in [7, 11) is 0. The first-order valence-electron chi connectivity index (χ1n) is 4.28. The minimum atomic E-state index is -1.20. The molecule has 0 amide bonds. The minimum absolute atomic E-state index is 0.0365. The van der Waals surface area contributed by atoms with Crippen molar-refractivity contribution in [1.82, 2.24) is 0 Å². The lowest BCUT2D eigenvalue weighted by Gasteiger charge is -2.06. The van der Waals surface area contributed by atoms with E-state index in [1.165, 1.54) is 6.07 Å². The molecule has 0 aromatic heterocycles. The quantitative estimate of drug-likeness (QED) is 0.674. The third-order valence-corrected chi connectivity index (χ3v) is 2.37. The molecule has 78 valence electrons. The van der Waals surface area contributed by atoms with Gasteiger partial charge in [0.05, 0.1) is 11.1 Å². The Balaban J connectivity index is 2.79. The summed E-state index contributed by atoms with van der Waals surface area (Å²) in [6, 6.07) is 1.27. The van der Waals surface area contributed by atoms with Crippen LogP contribution >= 0.6 is 0 Å². The number of fused-ring (bicyclic) bond motifs is 1. The number of carboxylic acids is 1. The Labute approximate surface area is 84.9 Å². The van der Waals surface area contributed by atoms with Crippen LogP contribution in [-0.4, -0.2) is 22.2 Å². The van der Waals surface area contributed by atoms with E-state index >= 15 is 0 Å². The highest BCUT2D eigenvalue weighted by Gasteiger charge is 2.31. The van der Waals surface area contributed by atoms with Gasteiger partial charge in [0.1, 0.15) is 12.4 Å². The van der Waals surface area contributed by atoms with Crippen LogP contribution in [0.5, 0.6) is 5.75 Å². The van der Waals surface area contributed by atoms with Crippen LogP contribution in [-0.2, 0) is 11.3 Å². The van der Waals surface area contributed by atoms with Crippen LogP contribution in [0.2, 0.25) is 0 Å². The molecular formula is C10H8O5. The summed E-state index contributed by atoms with van der Waals surface area (Å²) in [5, 5.41) is 18.5. The van der Waals surface area contributed by atoms with Gasteiger partial charge in [-0.3, -0.25) is 0 Å². The Morgan fingerprint density at radius 2 is 2.20 bits per heavy atom. The Hall–Kier alpha value is -2.04. The van der Waals surface area contributed by atoms with Gasteiger partial charge in [0.2, 0.25) is 0 Å². The number of carbonyl (C=O) groups is 2. The van der Waals surface area contributed by atoms with Crippen LogP contribution in [0.3, 0.4) is 0 Å². The topological polar surface area (TPSA) is 83.8 Å². The number of carbonyl (C=O) groups excluding carboxylic acids is 1. The van der Waals surface area contributed by atoms with Crippen LogP contribution in [0.4, 0.5) is 0 Å². The monoisotopic (exact) mass is 208 g/mol. The first-order chi connectivity index (χ1) is 7.02. The molecule has 0 aliphatic carbocycles. The Morgan fingerprint density at radius 3 is 2.80 bits per heavy atom. The van der Waals surface area contributed by atoms with Crippen molar-refractivity contribution in [2.24, 2.45) is 0 Å². The smallest absolute Gasteiger partial charge is 0.339 e. The molecule has 5 nitrogen and oxygen atoms in total. The van der Waals surface area contributed by atoms with E-state index in [-0.39, 0.29) is 29.0 Å². The molecule has 0 bridgehead atoms. The van der Waals surface area contributed by atoms with Gasteiger partial charge in [-0.05, 0) is 18.6 Å². The van der Waals surface area contributed by atoms with Crippen LogP contribution in [0.1, 0.15) is 31.8 Å². The number of phenols is 1. The molecule has 2 rings (SSSR count). The molecule has 1 aromatic carbocycles. The third kappa shape index (κ3) is 1.24. The van der Waals surface area contributed by atoms with Crippen LogP contribution < -0.4 is 0 Å². The Kier molecular flexibility index (Phi) is 1.89. The molecule has 0 saturated carbocycles. The lowest BCUT2D eigenvalue weighted by Crippen LogP contribution is -2.07. The van der Waals surface area contributed by atoms with Gasteiger partial charge in [0.25, 0.3) is 0 Å². The number of cyclic esters (lactones) is 1. The number of aryl methyl sites for hydroxylation is 1. The highest BCUT2D eigenvalue weighted by molar-refractivity contribution is 6.05. The van der Waals surface area contributed by atoms with Gasteiger partial charge in [0.15, 0.2) is 0 Å². The van der Waals surface area contributed by atoms with Crippen molar-refractivity contribution >= 4 is 11.9 Å². The summed E-state index contributed by atoms with van der Waals surface area (Å²) in [5.41, 5.74) is 0.523. The number of esters is 1. The molecule has 5 heteroatoms. The average molecular weight is 208 g/mol. The molecule has 1 aromatic rings. The maximum atomic E-state index is 11.3. The molecule has 0 atom stereocenters. The Bertz CT molecular complexity index is 475. The normalized spacial score (nSPS) is 13.5. The van der Waals surface area contributed by atoms with Crippen molar-refractivity contribution in [3.63, 3.8) is 0 Å². The fourth-order valence-electron chi connectivity index (χ4n) is 1.63. The molecule has 1 heterocycles. The molecule has 1 aliphatic heterocycles. The summed E-state index contributed by atoms with van der Waals surface area (Å²) < 4.78 is 4.69. The van der Waals surface area contributed by atoms with Gasteiger partial charge in [-0.1, -0.05) is 0 Å². The van der Waals surface area contributed by atoms with Gasteiger partial charge < -0.3 is 14.9 Å². The largest absolute Gasteiger partial charge is 0.507 e. The predicted molar refractivity (Wildman–Crippen MR) is 48.9 cm³/mol. The van der Waals surface area contributed by atoms with Crippen molar-refractivity contribution in [3.8, 4) is 5.75 Å². The number of ether oxygens (including phenoxy) is 1. The van der Waals surface area contributed by atoms with Gasteiger partial charge in [-0.15, -0.1) is 0 Å². The molecular weight excluding hydrogens is 200 g/mol.